The van der Waals surface area contributed by atoms with E-state index in [2.05, 4.69) is 5.32 Å². The molecule has 11 nitrogen and oxygen atoms in total. The van der Waals surface area contributed by atoms with Crippen LogP contribution in [0.1, 0.15) is 43.7 Å². The molecular weight excluding hydrogens is 643 g/mol. The zero-order chi connectivity index (χ0) is 32.9. The Morgan fingerprint density at radius 1 is 1.04 bits per heavy atom. The van der Waals surface area contributed by atoms with E-state index in [-0.39, 0.29) is 40.5 Å². The quantitative estimate of drug-likeness (QED) is 0.186. The number of sulfonamides is 1. The van der Waals surface area contributed by atoms with Crippen molar-refractivity contribution in [3.63, 3.8) is 0 Å². The van der Waals surface area contributed by atoms with E-state index in [1.165, 1.54) is 49.3 Å². The Bertz CT molecular complexity index is 1680. The van der Waals surface area contributed by atoms with Gasteiger partial charge in [-0.2, -0.15) is 0 Å². The highest BCUT2D eigenvalue weighted by molar-refractivity contribution is 7.92. The summed E-state index contributed by atoms with van der Waals surface area (Å²) in [6.07, 6.45) is 3.68. The zero-order valence-corrected chi connectivity index (χ0v) is 27.4. The van der Waals surface area contributed by atoms with E-state index in [0.29, 0.717) is 10.6 Å². The molecular formula is C31H34Cl2N4O7S. The van der Waals surface area contributed by atoms with E-state index >= 15 is 0 Å². The molecule has 3 aromatic rings. The lowest BCUT2D eigenvalue weighted by atomic mass is 10.1. The molecule has 0 radical (unpaired) electrons. The second kappa shape index (κ2) is 14.5. The van der Waals surface area contributed by atoms with Gasteiger partial charge < -0.3 is 15.0 Å². The standard InChI is InChI=1S/C31H34Cl2N4O7S/c1-20-8-14-26(17-27(20)37(40)41)45(42,43)36(28-16-24(33)13-15-29(28)44-3)19-30(38)35(18-22-9-11-23(32)12-10-22)21(2)31(39)34-25-6-4-5-7-25/h8-17,21,25H,4-7,18-19H2,1-3H3,(H,34,39)/t21-/m0/s1. The summed E-state index contributed by atoms with van der Waals surface area (Å²) in [6, 6.07) is 13.5. The second-order valence-electron chi connectivity index (χ2n) is 10.8. The van der Waals surface area contributed by atoms with Crippen LogP contribution in [0, 0.1) is 17.0 Å². The number of nitro groups is 1. The maximum absolute atomic E-state index is 14.2. The van der Waals surface area contributed by atoms with Crippen LogP contribution >= 0.6 is 23.2 Å². The van der Waals surface area contributed by atoms with Gasteiger partial charge in [0.25, 0.3) is 15.7 Å². The number of carbonyl (C=O) groups excluding carboxylic acids is 2. The number of nitrogens with one attached hydrogen (secondary N) is 1. The molecule has 1 saturated carbocycles. The third-order valence-electron chi connectivity index (χ3n) is 7.79. The minimum absolute atomic E-state index is 0.00244. The van der Waals surface area contributed by atoms with Crippen LogP contribution in [-0.4, -0.2) is 55.8 Å². The summed E-state index contributed by atoms with van der Waals surface area (Å²) >= 11 is 12.3. The molecule has 4 rings (SSSR count). The van der Waals surface area contributed by atoms with Crippen molar-refractivity contribution in [2.24, 2.45) is 0 Å². The molecule has 0 aromatic heterocycles. The summed E-state index contributed by atoms with van der Waals surface area (Å²) in [5.74, 6) is -0.979. The van der Waals surface area contributed by atoms with Crippen LogP contribution in [0.4, 0.5) is 11.4 Å². The zero-order valence-electron chi connectivity index (χ0n) is 25.0. The summed E-state index contributed by atoms with van der Waals surface area (Å²) in [5, 5.41) is 15.3. The van der Waals surface area contributed by atoms with Crippen molar-refractivity contribution in [1.82, 2.24) is 10.2 Å². The Morgan fingerprint density at radius 2 is 1.69 bits per heavy atom. The third-order valence-corrected chi connectivity index (χ3v) is 10.0. The predicted octanol–water partition coefficient (Wildman–Crippen LogP) is 5.89. The highest BCUT2D eigenvalue weighted by atomic mass is 35.5. The van der Waals surface area contributed by atoms with Gasteiger partial charge in [-0.25, -0.2) is 8.42 Å². The van der Waals surface area contributed by atoms with Crippen LogP contribution in [0.15, 0.2) is 65.6 Å². The van der Waals surface area contributed by atoms with Crippen LogP contribution in [-0.2, 0) is 26.2 Å². The van der Waals surface area contributed by atoms with Crippen LogP contribution < -0.4 is 14.4 Å². The fourth-order valence-electron chi connectivity index (χ4n) is 5.21. The molecule has 1 aliphatic carbocycles. The van der Waals surface area contributed by atoms with E-state index in [1.807, 2.05) is 0 Å². The molecule has 14 heteroatoms. The minimum Gasteiger partial charge on any atom is -0.495 e. The second-order valence-corrected chi connectivity index (χ2v) is 13.6. The first-order valence-electron chi connectivity index (χ1n) is 14.3. The van der Waals surface area contributed by atoms with E-state index in [1.54, 1.807) is 31.2 Å². The molecule has 1 aliphatic rings. The molecule has 1 fully saturated rings. The molecule has 1 N–H and O–H groups in total. The number of benzene rings is 3. The van der Waals surface area contributed by atoms with Crippen molar-refractivity contribution in [2.45, 2.75) is 63.1 Å². The molecule has 2 amide bonds. The van der Waals surface area contributed by atoms with Crippen LogP contribution in [0.3, 0.4) is 0 Å². The monoisotopic (exact) mass is 676 g/mol. The van der Waals surface area contributed by atoms with Gasteiger partial charge in [0.15, 0.2) is 0 Å². The van der Waals surface area contributed by atoms with Crippen molar-refractivity contribution in [2.75, 3.05) is 18.0 Å². The largest absolute Gasteiger partial charge is 0.495 e. The number of ether oxygens (including phenoxy) is 1. The lowest BCUT2D eigenvalue weighted by Gasteiger charge is -2.33. The van der Waals surface area contributed by atoms with E-state index in [4.69, 9.17) is 27.9 Å². The van der Waals surface area contributed by atoms with Gasteiger partial charge in [0.2, 0.25) is 11.8 Å². The number of nitro benzene ring substituents is 1. The molecule has 0 aliphatic heterocycles. The number of aryl methyl sites for hydroxylation is 1. The van der Waals surface area contributed by atoms with Crippen molar-refractivity contribution in [3.8, 4) is 5.75 Å². The molecule has 3 aromatic carbocycles. The van der Waals surface area contributed by atoms with Gasteiger partial charge in [-0.3, -0.25) is 24.0 Å². The number of rotatable bonds is 12. The van der Waals surface area contributed by atoms with Crippen LogP contribution in [0.5, 0.6) is 5.75 Å². The molecule has 0 saturated heterocycles. The summed E-state index contributed by atoms with van der Waals surface area (Å²) in [4.78, 5) is 39.5. The molecule has 0 unspecified atom stereocenters. The van der Waals surface area contributed by atoms with Gasteiger partial charge in [0.05, 0.1) is 22.6 Å². The molecule has 0 spiro atoms. The average molecular weight is 678 g/mol. The maximum atomic E-state index is 14.2. The predicted molar refractivity (Wildman–Crippen MR) is 172 cm³/mol. The topological polar surface area (TPSA) is 139 Å². The van der Waals surface area contributed by atoms with Crippen molar-refractivity contribution < 1.29 is 27.7 Å². The fourth-order valence-corrected chi connectivity index (χ4v) is 6.94. The normalized spacial score (nSPS) is 14.1. The lowest BCUT2D eigenvalue weighted by Crippen LogP contribution is -2.52. The summed E-state index contributed by atoms with van der Waals surface area (Å²) in [7, 11) is -3.29. The number of hydrogen-bond acceptors (Lipinski definition) is 7. The van der Waals surface area contributed by atoms with Gasteiger partial charge in [-0.15, -0.1) is 0 Å². The highest BCUT2D eigenvalue weighted by Crippen LogP contribution is 2.36. The molecule has 1 atom stereocenters. The molecule has 45 heavy (non-hydrogen) atoms. The summed E-state index contributed by atoms with van der Waals surface area (Å²) in [6.45, 7) is 2.28. The Hall–Kier alpha value is -3.87. The van der Waals surface area contributed by atoms with Crippen molar-refractivity contribution in [1.29, 1.82) is 0 Å². The van der Waals surface area contributed by atoms with Crippen LogP contribution in [0.25, 0.3) is 0 Å². The number of nitrogens with zero attached hydrogens (tertiary/aromatic N) is 3. The van der Waals surface area contributed by atoms with Crippen LogP contribution in [0.2, 0.25) is 10.0 Å². The summed E-state index contributed by atoms with van der Waals surface area (Å²) in [5.41, 5.74) is 0.466. The molecule has 240 valence electrons. The van der Waals surface area contributed by atoms with Gasteiger partial charge >= 0.3 is 0 Å². The smallest absolute Gasteiger partial charge is 0.273 e. The SMILES string of the molecule is COc1ccc(Cl)cc1N(CC(=O)N(Cc1ccc(Cl)cc1)[C@@H](C)C(=O)NC1CCCC1)S(=O)(=O)c1ccc(C)c([N+](=O)[O-])c1. The van der Waals surface area contributed by atoms with E-state index in [9.17, 15) is 28.1 Å². The summed E-state index contributed by atoms with van der Waals surface area (Å²) < 4.78 is 34.7. The van der Waals surface area contributed by atoms with Gasteiger partial charge in [-0.05, 0) is 68.7 Å². The Kier molecular flexibility index (Phi) is 10.9. The van der Waals surface area contributed by atoms with Gasteiger partial charge in [0.1, 0.15) is 18.3 Å². The first-order chi connectivity index (χ1) is 21.3. The lowest BCUT2D eigenvalue weighted by molar-refractivity contribution is -0.385. The average Bonchev–Trinajstić information content (AvgIpc) is 3.52. The fraction of sp³-hybridized carbons (Fsp3) is 0.355. The number of anilines is 1. The van der Waals surface area contributed by atoms with Crippen molar-refractivity contribution >= 4 is 56.4 Å². The number of hydrogen-bond donors (Lipinski definition) is 1. The molecule has 0 heterocycles. The number of halogens is 2. The van der Waals surface area contributed by atoms with Gasteiger partial charge in [-0.1, -0.05) is 54.2 Å². The first-order valence-corrected chi connectivity index (χ1v) is 16.5. The van der Waals surface area contributed by atoms with Crippen molar-refractivity contribution in [3.05, 3.63) is 92.0 Å². The van der Waals surface area contributed by atoms with E-state index < -0.39 is 44.0 Å². The number of methoxy groups -OCH3 is 1. The number of amides is 2. The maximum Gasteiger partial charge on any atom is 0.273 e. The highest BCUT2D eigenvalue weighted by Gasteiger charge is 2.35. The third kappa shape index (κ3) is 8.05. The Balaban J connectivity index is 1.78. The Labute approximate surface area is 272 Å². The Morgan fingerprint density at radius 3 is 2.31 bits per heavy atom. The molecule has 0 bridgehead atoms. The van der Waals surface area contributed by atoms with E-state index in [0.717, 1.165) is 36.1 Å². The minimum atomic E-state index is -4.62. The first kappa shape index (κ1) is 34.0. The number of carbonyl (C=O) groups is 2. The van der Waals surface area contributed by atoms with Gasteiger partial charge in [0, 0.05) is 34.3 Å².